The molecule has 30 heavy (non-hydrogen) atoms. The van der Waals surface area contributed by atoms with Gasteiger partial charge in [0.05, 0.1) is 5.02 Å². The lowest BCUT2D eigenvalue weighted by molar-refractivity contribution is 0.0696. The summed E-state index contributed by atoms with van der Waals surface area (Å²) in [4.78, 5) is 14.9. The van der Waals surface area contributed by atoms with Crippen LogP contribution in [0.15, 0.2) is 64.0 Å². The standard InChI is InChI=1S/C21H20ClN3O4S/c1-15-19(20(23-29-15)16-7-3-2-4-8-16)21(26)24-11-13-25(14-12-24)30(27,28)18-10-6-5-9-17(18)22/h2-10H,11-14H2,1H3. The Balaban J connectivity index is 1.53. The lowest BCUT2D eigenvalue weighted by Gasteiger charge is -2.34. The van der Waals surface area contributed by atoms with Gasteiger partial charge >= 0.3 is 0 Å². The molecule has 3 aromatic rings. The molecule has 0 bridgehead atoms. The number of amides is 1. The van der Waals surface area contributed by atoms with Gasteiger partial charge in [-0.25, -0.2) is 8.42 Å². The van der Waals surface area contributed by atoms with Gasteiger partial charge in [0.2, 0.25) is 10.0 Å². The molecule has 1 fully saturated rings. The van der Waals surface area contributed by atoms with E-state index >= 15 is 0 Å². The summed E-state index contributed by atoms with van der Waals surface area (Å²) >= 11 is 6.08. The summed E-state index contributed by atoms with van der Waals surface area (Å²) < 4.78 is 32.5. The van der Waals surface area contributed by atoms with Gasteiger partial charge in [-0.15, -0.1) is 0 Å². The normalized spacial score (nSPS) is 15.3. The number of aromatic nitrogens is 1. The van der Waals surface area contributed by atoms with Crippen molar-refractivity contribution in [3.05, 3.63) is 70.9 Å². The molecule has 1 aliphatic heterocycles. The summed E-state index contributed by atoms with van der Waals surface area (Å²) in [5.41, 5.74) is 1.69. The van der Waals surface area contributed by atoms with Gasteiger partial charge < -0.3 is 9.42 Å². The molecular weight excluding hydrogens is 426 g/mol. The second-order valence-corrected chi connectivity index (χ2v) is 9.27. The highest BCUT2D eigenvalue weighted by atomic mass is 35.5. The number of hydrogen-bond acceptors (Lipinski definition) is 5. The number of halogens is 1. The van der Waals surface area contributed by atoms with Crippen LogP contribution in [0, 0.1) is 6.92 Å². The van der Waals surface area contributed by atoms with E-state index < -0.39 is 10.0 Å². The predicted molar refractivity (Wildman–Crippen MR) is 113 cm³/mol. The number of hydrogen-bond donors (Lipinski definition) is 0. The van der Waals surface area contributed by atoms with Crippen molar-refractivity contribution in [2.75, 3.05) is 26.2 Å². The molecule has 1 aliphatic rings. The quantitative estimate of drug-likeness (QED) is 0.614. The molecule has 1 amide bonds. The lowest BCUT2D eigenvalue weighted by atomic mass is 10.0. The molecule has 2 aromatic carbocycles. The predicted octanol–water partition coefficient (Wildman–Crippen LogP) is 3.45. The molecule has 0 radical (unpaired) electrons. The first-order valence-corrected chi connectivity index (χ1v) is 11.3. The fourth-order valence-electron chi connectivity index (χ4n) is 3.50. The topological polar surface area (TPSA) is 83.7 Å². The summed E-state index contributed by atoms with van der Waals surface area (Å²) in [6, 6.07) is 15.7. The molecule has 4 rings (SSSR count). The Morgan fingerprint density at radius 3 is 2.30 bits per heavy atom. The Morgan fingerprint density at radius 2 is 1.63 bits per heavy atom. The first-order chi connectivity index (χ1) is 14.4. The molecule has 0 saturated carbocycles. The van der Waals surface area contributed by atoms with Gasteiger partial charge in [-0.2, -0.15) is 4.31 Å². The zero-order valence-corrected chi connectivity index (χ0v) is 17.9. The highest BCUT2D eigenvalue weighted by Crippen LogP contribution is 2.28. The Bertz CT molecular complexity index is 1170. The molecular formula is C21H20ClN3O4S. The molecule has 1 saturated heterocycles. The van der Waals surface area contributed by atoms with E-state index in [2.05, 4.69) is 5.16 Å². The van der Waals surface area contributed by atoms with E-state index in [1.54, 1.807) is 30.0 Å². The van der Waals surface area contributed by atoms with Gasteiger partial charge in [0.25, 0.3) is 5.91 Å². The van der Waals surface area contributed by atoms with Crippen LogP contribution < -0.4 is 0 Å². The van der Waals surface area contributed by atoms with Gasteiger partial charge in [-0.3, -0.25) is 4.79 Å². The Labute approximate surface area is 179 Å². The average molecular weight is 446 g/mol. The molecule has 9 heteroatoms. The van der Waals surface area contributed by atoms with Crippen LogP contribution in [0.1, 0.15) is 16.1 Å². The largest absolute Gasteiger partial charge is 0.360 e. The fraction of sp³-hybridized carbons (Fsp3) is 0.238. The van der Waals surface area contributed by atoms with E-state index in [1.807, 2.05) is 30.3 Å². The first-order valence-electron chi connectivity index (χ1n) is 9.45. The second kappa shape index (κ2) is 8.22. The van der Waals surface area contributed by atoms with E-state index in [1.165, 1.54) is 10.4 Å². The number of aryl methyl sites for hydroxylation is 1. The van der Waals surface area contributed by atoms with E-state index in [9.17, 15) is 13.2 Å². The Hall–Kier alpha value is -2.68. The highest BCUT2D eigenvalue weighted by molar-refractivity contribution is 7.89. The van der Waals surface area contributed by atoms with Crippen LogP contribution in [-0.4, -0.2) is 54.9 Å². The van der Waals surface area contributed by atoms with Crippen LogP contribution in [0.5, 0.6) is 0 Å². The maximum absolute atomic E-state index is 13.2. The first kappa shape index (κ1) is 20.6. The summed E-state index contributed by atoms with van der Waals surface area (Å²) in [6.45, 7) is 2.60. The molecule has 0 N–H and O–H groups in total. The Morgan fingerprint density at radius 1 is 1.00 bits per heavy atom. The maximum Gasteiger partial charge on any atom is 0.259 e. The van der Waals surface area contributed by atoms with Crippen molar-refractivity contribution in [3.8, 4) is 11.3 Å². The monoisotopic (exact) mass is 445 g/mol. The van der Waals surface area contributed by atoms with Crippen LogP contribution >= 0.6 is 11.6 Å². The summed E-state index contributed by atoms with van der Waals surface area (Å²) in [5.74, 6) is 0.215. The molecule has 156 valence electrons. The summed E-state index contributed by atoms with van der Waals surface area (Å²) in [6.07, 6.45) is 0. The smallest absolute Gasteiger partial charge is 0.259 e. The number of rotatable bonds is 4. The molecule has 1 aromatic heterocycles. The number of sulfonamides is 1. The van der Waals surface area contributed by atoms with Crippen LogP contribution in [0.3, 0.4) is 0 Å². The van der Waals surface area contributed by atoms with Crippen molar-refractivity contribution >= 4 is 27.5 Å². The van der Waals surface area contributed by atoms with Gasteiger partial charge in [-0.1, -0.05) is 59.2 Å². The minimum atomic E-state index is -3.72. The van der Waals surface area contributed by atoms with Crippen molar-refractivity contribution < 1.29 is 17.7 Å². The van der Waals surface area contributed by atoms with Crippen molar-refractivity contribution in [1.82, 2.24) is 14.4 Å². The van der Waals surface area contributed by atoms with Crippen LogP contribution in [-0.2, 0) is 10.0 Å². The third-order valence-electron chi connectivity index (χ3n) is 5.10. The van der Waals surface area contributed by atoms with Gasteiger partial charge in [-0.05, 0) is 19.1 Å². The minimum absolute atomic E-state index is 0.0766. The summed E-state index contributed by atoms with van der Waals surface area (Å²) in [7, 11) is -3.72. The van der Waals surface area contributed by atoms with Crippen molar-refractivity contribution in [3.63, 3.8) is 0 Å². The van der Waals surface area contributed by atoms with E-state index in [0.29, 0.717) is 17.0 Å². The van der Waals surface area contributed by atoms with E-state index in [0.717, 1.165) is 5.56 Å². The van der Waals surface area contributed by atoms with E-state index in [4.69, 9.17) is 16.1 Å². The number of piperazine rings is 1. The number of nitrogens with zero attached hydrogens (tertiary/aromatic N) is 3. The molecule has 0 atom stereocenters. The molecule has 0 unspecified atom stereocenters. The number of carbonyl (C=O) groups is 1. The van der Waals surface area contributed by atoms with Crippen LogP contribution in [0.2, 0.25) is 5.02 Å². The second-order valence-electron chi connectivity index (χ2n) is 6.96. The number of benzene rings is 2. The summed E-state index contributed by atoms with van der Waals surface area (Å²) in [5, 5.41) is 4.25. The van der Waals surface area contributed by atoms with Crippen LogP contribution in [0.4, 0.5) is 0 Å². The molecule has 0 aliphatic carbocycles. The number of carbonyl (C=O) groups excluding carboxylic acids is 1. The third-order valence-corrected chi connectivity index (χ3v) is 7.50. The van der Waals surface area contributed by atoms with Gasteiger partial charge in [0.1, 0.15) is 21.9 Å². The SMILES string of the molecule is Cc1onc(-c2ccccc2)c1C(=O)N1CCN(S(=O)(=O)c2ccccc2Cl)CC1. The maximum atomic E-state index is 13.2. The molecule has 7 nitrogen and oxygen atoms in total. The van der Waals surface area contributed by atoms with Crippen LogP contribution in [0.25, 0.3) is 11.3 Å². The van der Waals surface area contributed by atoms with Crippen molar-refractivity contribution in [2.24, 2.45) is 0 Å². The van der Waals surface area contributed by atoms with Gasteiger partial charge in [0, 0.05) is 31.7 Å². The van der Waals surface area contributed by atoms with Crippen molar-refractivity contribution in [2.45, 2.75) is 11.8 Å². The van der Waals surface area contributed by atoms with Crippen molar-refractivity contribution in [1.29, 1.82) is 0 Å². The zero-order chi connectivity index (χ0) is 21.3. The zero-order valence-electron chi connectivity index (χ0n) is 16.3. The minimum Gasteiger partial charge on any atom is -0.360 e. The van der Waals surface area contributed by atoms with Gasteiger partial charge in [0.15, 0.2) is 0 Å². The average Bonchev–Trinajstić information content (AvgIpc) is 3.15. The highest BCUT2D eigenvalue weighted by Gasteiger charge is 2.33. The molecule has 0 spiro atoms. The van der Waals surface area contributed by atoms with E-state index in [-0.39, 0.29) is 42.0 Å². The third kappa shape index (κ3) is 3.74. The lowest BCUT2D eigenvalue weighted by Crippen LogP contribution is -2.50. The Kier molecular flexibility index (Phi) is 5.64. The fourth-order valence-corrected chi connectivity index (χ4v) is 5.42. The molecule has 2 heterocycles.